The Labute approximate surface area is 143 Å². The molecule has 0 radical (unpaired) electrons. The van der Waals surface area contributed by atoms with Crippen LogP contribution in [-0.4, -0.2) is 43.4 Å². The Morgan fingerprint density at radius 2 is 2.17 bits per heavy atom. The molecule has 23 heavy (non-hydrogen) atoms. The van der Waals surface area contributed by atoms with E-state index >= 15 is 0 Å². The zero-order valence-electron chi connectivity index (χ0n) is 12.7. The number of hydrogen-bond acceptors (Lipinski definition) is 4. The summed E-state index contributed by atoms with van der Waals surface area (Å²) in [6.45, 7) is 1.86. The number of ether oxygens (including phenoxy) is 1. The largest absolute Gasteiger partial charge is 0.615 e. The van der Waals surface area contributed by atoms with Crippen LogP contribution in [0.3, 0.4) is 0 Å². The molecular formula is C16H18ClNO4S. The van der Waals surface area contributed by atoms with Gasteiger partial charge in [0.25, 0.3) is 0 Å². The highest BCUT2D eigenvalue weighted by Crippen LogP contribution is 2.49. The molecule has 0 saturated carbocycles. The van der Waals surface area contributed by atoms with Gasteiger partial charge in [0.15, 0.2) is 6.04 Å². The van der Waals surface area contributed by atoms with E-state index in [0.29, 0.717) is 18.6 Å². The van der Waals surface area contributed by atoms with Crippen LogP contribution in [0.4, 0.5) is 0 Å². The maximum absolute atomic E-state index is 12.6. The molecule has 2 aliphatic heterocycles. The van der Waals surface area contributed by atoms with Gasteiger partial charge in [-0.15, -0.1) is 0 Å². The number of halogens is 1. The van der Waals surface area contributed by atoms with Gasteiger partial charge in [0.05, 0.1) is 0 Å². The van der Waals surface area contributed by atoms with Crippen molar-refractivity contribution in [2.24, 2.45) is 0 Å². The SMILES string of the molecule is CC[S+]([O-])C1(Cl)CC2CC(=O)N2C1C(=O)OCc1ccccc1. The number of β-lactam (4-membered cyclic amide) rings is 1. The lowest BCUT2D eigenvalue weighted by Gasteiger charge is -2.38. The number of carbonyl (C=O) groups excluding carboxylic acids is 2. The fourth-order valence-corrected chi connectivity index (χ4v) is 5.23. The van der Waals surface area contributed by atoms with Crippen LogP contribution in [0.25, 0.3) is 0 Å². The van der Waals surface area contributed by atoms with Crippen molar-refractivity contribution in [1.82, 2.24) is 4.90 Å². The van der Waals surface area contributed by atoms with Crippen LogP contribution in [0.5, 0.6) is 0 Å². The second-order valence-corrected chi connectivity index (χ2v) is 8.67. The predicted octanol–water partition coefficient (Wildman–Crippen LogP) is 1.81. The van der Waals surface area contributed by atoms with Crippen molar-refractivity contribution >= 4 is 34.7 Å². The van der Waals surface area contributed by atoms with Gasteiger partial charge >= 0.3 is 5.97 Å². The van der Waals surface area contributed by atoms with Gasteiger partial charge in [-0.25, -0.2) is 4.79 Å². The zero-order valence-corrected chi connectivity index (χ0v) is 14.3. The molecule has 0 N–H and O–H groups in total. The van der Waals surface area contributed by atoms with Gasteiger partial charge in [-0.3, -0.25) is 4.79 Å². The summed E-state index contributed by atoms with van der Waals surface area (Å²) < 4.78 is 16.5. The topological polar surface area (TPSA) is 69.7 Å². The minimum absolute atomic E-state index is 0.106. The second-order valence-electron chi connectivity index (χ2n) is 5.78. The number of rotatable bonds is 5. The molecule has 1 aromatic rings. The van der Waals surface area contributed by atoms with Crippen molar-refractivity contribution in [3.63, 3.8) is 0 Å². The number of alkyl halides is 1. The Bertz CT molecular complexity index is 613. The van der Waals surface area contributed by atoms with Crippen LogP contribution >= 0.6 is 11.6 Å². The van der Waals surface area contributed by atoms with Gasteiger partial charge in [-0.2, -0.15) is 0 Å². The van der Waals surface area contributed by atoms with E-state index in [1.807, 2.05) is 30.3 Å². The highest BCUT2D eigenvalue weighted by atomic mass is 35.5. The summed E-state index contributed by atoms with van der Waals surface area (Å²) in [7, 11) is 0. The maximum atomic E-state index is 12.6. The third kappa shape index (κ3) is 2.84. The number of amides is 1. The Morgan fingerprint density at radius 3 is 2.78 bits per heavy atom. The van der Waals surface area contributed by atoms with Gasteiger partial charge in [-0.05, 0) is 23.7 Å². The van der Waals surface area contributed by atoms with Crippen LogP contribution < -0.4 is 0 Å². The summed E-state index contributed by atoms with van der Waals surface area (Å²) >= 11 is 5.15. The normalized spacial score (nSPS) is 30.6. The molecule has 2 heterocycles. The summed E-state index contributed by atoms with van der Waals surface area (Å²) in [4.78, 5) is 25.9. The summed E-state index contributed by atoms with van der Waals surface area (Å²) in [5.74, 6) is -0.380. The van der Waals surface area contributed by atoms with Gasteiger partial charge in [0.1, 0.15) is 12.4 Å². The highest BCUT2D eigenvalue weighted by molar-refractivity contribution is 7.94. The van der Waals surface area contributed by atoms with Crippen LogP contribution in [-0.2, 0) is 32.1 Å². The molecule has 0 spiro atoms. The Balaban J connectivity index is 1.76. The maximum Gasteiger partial charge on any atom is 0.336 e. The number of carbonyl (C=O) groups is 2. The average Bonchev–Trinajstić information content (AvgIpc) is 2.81. The number of esters is 1. The summed E-state index contributed by atoms with van der Waals surface area (Å²) in [6, 6.07) is 8.19. The minimum Gasteiger partial charge on any atom is -0.615 e. The minimum atomic E-state index is -1.41. The number of benzene rings is 1. The van der Waals surface area contributed by atoms with Crippen LogP contribution in [0, 0.1) is 0 Å². The molecule has 0 aromatic heterocycles. The first-order valence-electron chi connectivity index (χ1n) is 7.56. The van der Waals surface area contributed by atoms with Gasteiger partial charge in [0.2, 0.25) is 10.1 Å². The molecule has 4 unspecified atom stereocenters. The summed E-state index contributed by atoms with van der Waals surface area (Å²) in [5.41, 5.74) is 0.849. The Kier molecular flexibility index (Phi) is 4.58. The first kappa shape index (κ1) is 16.6. The molecule has 7 heteroatoms. The number of nitrogens with zero attached hydrogens (tertiary/aromatic N) is 1. The van der Waals surface area contributed by atoms with Crippen molar-refractivity contribution in [2.45, 2.75) is 42.7 Å². The van der Waals surface area contributed by atoms with E-state index in [4.69, 9.17) is 16.3 Å². The number of fused-ring (bicyclic) bond motifs is 1. The Morgan fingerprint density at radius 1 is 1.48 bits per heavy atom. The standard InChI is InChI=1S/C16H18ClNO4S/c1-2-23(21)16(17)9-12-8-13(19)18(12)14(16)15(20)22-10-11-6-4-3-5-7-11/h3-7,12,14H,2,8-10H2,1H3. The molecule has 3 rings (SSSR count). The lowest BCUT2D eigenvalue weighted by atomic mass is 10.0. The zero-order chi connectivity index (χ0) is 16.6. The monoisotopic (exact) mass is 355 g/mol. The molecule has 5 nitrogen and oxygen atoms in total. The van der Waals surface area contributed by atoms with E-state index < -0.39 is 27.4 Å². The molecule has 2 fully saturated rings. The van der Waals surface area contributed by atoms with Gasteiger partial charge in [-0.1, -0.05) is 41.9 Å². The van der Waals surface area contributed by atoms with E-state index in [1.165, 1.54) is 4.90 Å². The summed E-state index contributed by atoms with van der Waals surface area (Å²) in [5, 5.41) is 0. The molecule has 124 valence electrons. The third-order valence-electron chi connectivity index (χ3n) is 4.38. The van der Waals surface area contributed by atoms with Crippen molar-refractivity contribution in [3.05, 3.63) is 35.9 Å². The van der Waals surface area contributed by atoms with Crippen LogP contribution in [0.1, 0.15) is 25.3 Å². The van der Waals surface area contributed by atoms with Crippen molar-refractivity contribution in [3.8, 4) is 0 Å². The molecule has 0 bridgehead atoms. The predicted molar refractivity (Wildman–Crippen MR) is 87.2 cm³/mol. The number of hydrogen-bond donors (Lipinski definition) is 0. The lowest BCUT2D eigenvalue weighted by molar-refractivity contribution is -0.161. The lowest BCUT2D eigenvalue weighted by Crippen LogP contribution is -2.58. The quantitative estimate of drug-likeness (QED) is 0.349. The molecule has 2 aliphatic rings. The Hall–Kier alpha value is -1.24. The first-order valence-corrected chi connectivity index (χ1v) is 9.26. The molecular weight excluding hydrogens is 338 g/mol. The van der Waals surface area contributed by atoms with Gasteiger partial charge < -0.3 is 14.2 Å². The third-order valence-corrected chi connectivity index (χ3v) is 6.93. The van der Waals surface area contributed by atoms with Crippen molar-refractivity contribution < 1.29 is 18.9 Å². The van der Waals surface area contributed by atoms with Crippen LogP contribution in [0.2, 0.25) is 0 Å². The molecule has 1 amide bonds. The van der Waals surface area contributed by atoms with Crippen molar-refractivity contribution in [1.29, 1.82) is 0 Å². The van der Waals surface area contributed by atoms with E-state index in [-0.39, 0.29) is 18.6 Å². The summed E-state index contributed by atoms with van der Waals surface area (Å²) in [6.07, 6.45) is 0.726. The second kappa shape index (κ2) is 6.34. The molecule has 2 saturated heterocycles. The smallest absolute Gasteiger partial charge is 0.336 e. The average molecular weight is 356 g/mol. The highest BCUT2D eigenvalue weighted by Gasteiger charge is 2.67. The fourth-order valence-electron chi connectivity index (χ4n) is 3.22. The van der Waals surface area contributed by atoms with Gasteiger partial charge in [0, 0.05) is 18.9 Å². The van der Waals surface area contributed by atoms with E-state index in [0.717, 1.165) is 5.56 Å². The van der Waals surface area contributed by atoms with Crippen molar-refractivity contribution in [2.75, 3.05) is 5.75 Å². The van der Waals surface area contributed by atoms with E-state index in [1.54, 1.807) is 6.92 Å². The first-order chi connectivity index (χ1) is 11.0. The van der Waals surface area contributed by atoms with E-state index in [9.17, 15) is 14.1 Å². The molecule has 1 aromatic carbocycles. The van der Waals surface area contributed by atoms with E-state index in [2.05, 4.69) is 0 Å². The fraction of sp³-hybridized carbons (Fsp3) is 0.500. The van der Waals surface area contributed by atoms with Crippen LogP contribution in [0.15, 0.2) is 30.3 Å². The molecule has 0 aliphatic carbocycles. The molecule has 4 atom stereocenters.